The third-order valence-electron chi connectivity index (χ3n) is 4.91. The summed E-state index contributed by atoms with van der Waals surface area (Å²) < 4.78 is 11.7. The van der Waals surface area contributed by atoms with Crippen LogP contribution in [-0.2, 0) is 11.3 Å². The van der Waals surface area contributed by atoms with Crippen LogP contribution in [0.1, 0.15) is 29.9 Å². The Labute approximate surface area is 143 Å². The molecule has 1 saturated heterocycles. The van der Waals surface area contributed by atoms with Crippen LogP contribution in [0, 0.1) is 5.92 Å². The molecule has 3 atom stereocenters. The van der Waals surface area contributed by atoms with Gasteiger partial charge in [-0.15, -0.1) is 0 Å². The number of ether oxygens (including phenoxy) is 2. The highest BCUT2D eigenvalue weighted by atomic mass is 16.5. The highest BCUT2D eigenvalue weighted by Gasteiger charge is 2.38. The molecule has 1 N–H and O–H groups in total. The van der Waals surface area contributed by atoms with Crippen LogP contribution in [0.4, 0.5) is 0 Å². The molecule has 3 unspecified atom stereocenters. The minimum atomic E-state index is 0.508. The first-order valence-electron chi connectivity index (χ1n) is 8.81. The van der Waals surface area contributed by atoms with E-state index in [1.54, 1.807) is 0 Å². The molecule has 4 nitrogen and oxygen atoms in total. The Bertz CT molecular complexity index is 658. The van der Waals surface area contributed by atoms with Crippen molar-refractivity contribution in [2.75, 3.05) is 19.8 Å². The predicted molar refractivity (Wildman–Crippen MR) is 93.1 cm³/mol. The Morgan fingerprint density at radius 2 is 2.00 bits per heavy atom. The van der Waals surface area contributed by atoms with Crippen LogP contribution < -0.4 is 10.1 Å². The maximum atomic E-state index is 5.87. The molecule has 2 fully saturated rings. The third-order valence-corrected chi connectivity index (χ3v) is 4.91. The zero-order valence-corrected chi connectivity index (χ0v) is 13.9. The molecule has 1 aliphatic carbocycles. The van der Waals surface area contributed by atoms with Gasteiger partial charge in [-0.1, -0.05) is 30.3 Å². The molecule has 0 spiro atoms. The summed E-state index contributed by atoms with van der Waals surface area (Å²) in [6.07, 6.45) is 6.17. The predicted octanol–water partition coefficient (Wildman–Crippen LogP) is 3.14. The van der Waals surface area contributed by atoms with E-state index in [1.807, 2.05) is 18.5 Å². The van der Waals surface area contributed by atoms with Gasteiger partial charge in [0, 0.05) is 12.2 Å². The number of benzene rings is 1. The first kappa shape index (κ1) is 15.6. The van der Waals surface area contributed by atoms with Gasteiger partial charge in [0.15, 0.2) is 0 Å². The van der Waals surface area contributed by atoms with Crippen molar-refractivity contribution >= 4 is 0 Å². The van der Waals surface area contributed by atoms with Crippen LogP contribution >= 0.6 is 0 Å². The summed E-state index contributed by atoms with van der Waals surface area (Å²) in [6.45, 7) is 3.36. The van der Waals surface area contributed by atoms with Gasteiger partial charge in [-0.25, -0.2) is 0 Å². The van der Waals surface area contributed by atoms with Gasteiger partial charge < -0.3 is 14.8 Å². The van der Waals surface area contributed by atoms with E-state index >= 15 is 0 Å². The zero-order chi connectivity index (χ0) is 16.2. The molecule has 4 heteroatoms. The van der Waals surface area contributed by atoms with Crippen LogP contribution in [0.3, 0.4) is 0 Å². The second kappa shape index (κ2) is 7.32. The van der Waals surface area contributed by atoms with Crippen molar-refractivity contribution in [2.24, 2.45) is 5.92 Å². The molecular weight excluding hydrogens is 300 g/mol. The van der Waals surface area contributed by atoms with E-state index in [0.29, 0.717) is 24.5 Å². The Kier molecular flexibility index (Phi) is 4.76. The Balaban J connectivity index is 1.23. The summed E-state index contributed by atoms with van der Waals surface area (Å²) >= 11 is 0. The van der Waals surface area contributed by atoms with Gasteiger partial charge in [0.2, 0.25) is 0 Å². The fourth-order valence-electron chi connectivity index (χ4n) is 3.15. The normalized spacial score (nSPS) is 25.1. The number of aromatic nitrogens is 1. The van der Waals surface area contributed by atoms with E-state index in [4.69, 9.17) is 9.47 Å². The number of nitrogens with one attached hydrogen (secondary N) is 1. The topological polar surface area (TPSA) is 43.4 Å². The van der Waals surface area contributed by atoms with Crippen LogP contribution in [0.25, 0.3) is 0 Å². The number of pyridine rings is 1. The zero-order valence-electron chi connectivity index (χ0n) is 13.9. The molecule has 1 aromatic carbocycles. The molecule has 1 aliphatic heterocycles. The first-order valence-corrected chi connectivity index (χ1v) is 8.81. The monoisotopic (exact) mass is 324 g/mol. The summed E-state index contributed by atoms with van der Waals surface area (Å²) in [5, 5.41) is 3.35. The summed E-state index contributed by atoms with van der Waals surface area (Å²) in [6, 6.07) is 13.0. The minimum Gasteiger partial charge on any atom is -0.490 e. The SMILES string of the molecule is c1ccc(COCC2CC2c2cncc(OCC3CCN3)c2)cc1. The van der Waals surface area contributed by atoms with Crippen LogP contribution in [-0.4, -0.2) is 30.8 Å². The average Bonchev–Trinajstić information content (AvgIpc) is 3.34. The van der Waals surface area contributed by atoms with Crippen LogP contribution in [0.2, 0.25) is 0 Å². The quantitative estimate of drug-likeness (QED) is 0.810. The largest absolute Gasteiger partial charge is 0.490 e. The van der Waals surface area contributed by atoms with E-state index in [0.717, 1.165) is 25.5 Å². The molecule has 0 radical (unpaired) electrons. The minimum absolute atomic E-state index is 0.508. The summed E-state index contributed by atoms with van der Waals surface area (Å²) in [5.41, 5.74) is 2.51. The standard InChI is InChI=1S/C20H24N2O2/c1-2-4-15(5-3-1)12-23-13-17-9-20(17)16-8-19(11-21-10-16)24-14-18-6-7-22-18/h1-5,8,10-11,17-18,20,22H,6-7,9,12-14H2. The molecule has 4 rings (SSSR count). The summed E-state index contributed by atoms with van der Waals surface area (Å²) in [7, 11) is 0. The maximum absolute atomic E-state index is 5.87. The fraction of sp³-hybridized carbons (Fsp3) is 0.450. The van der Waals surface area contributed by atoms with E-state index in [-0.39, 0.29) is 0 Å². The molecule has 126 valence electrons. The van der Waals surface area contributed by atoms with Gasteiger partial charge in [-0.05, 0) is 48.4 Å². The lowest BCUT2D eigenvalue weighted by Gasteiger charge is -2.27. The molecule has 1 saturated carbocycles. The van der Waals surface area contributed by atoms with Gasteiger partial charge in [0.1, 0.15) is 12.4 Å². The number of nitrogens with zero attached hydrogens (tertiary/aromatic N) is 1. The Morgan fingerprint density at radius 3 is 2.79 bits per heavy atom. The van der Waals surface area contributed by atoms with E-state index in [1.165, 1.54) is 24.0 Å². The van der Waals surface area contributed by atoms with E-state index in [9.17, 15) is 0 Å². The van der Waals surface area contributed by atoms with Gasteiger partial charge in [-0.3, -0.25) is 4.98 Å². The molecule has 1 aromatic heterocycles. The van der Waals surface area contributed by atoms with Gasteiger partial charge in [0.05, 0.1) is 19.4 Å². The average molecular weight is 324 g/mol. The molecule has 0 bridgehead atoms. The Hall–Kier alpha value is -1.91. The molecule has 24 heavy (non-hydrogen) atoms. The number of hydrogen-bond donors (Lipinski definition) is 1. The van der Waals surface area contributed by atoms with Gasteiger partial charge >= 0.3 is 0 Å². The fourth-order valence-corrected chi connectivity index (χ4v) is 3.15. The molecule has 2 aliphatic rings. The molecule has 2 heterocycles. The third kappa shape index (κ3) is 3.94. The number of rotatable bonds is 8. The van der Waals surface area contributed by atoms with Gasteiger partial charge in [0.25, 0.3) is 0 Å². The molecular formula is C20H24N2O2. The van der Waals surface area contributed by atoms with Crippen molar-refractivity contribution < 1.29 is 9.47 Å². The maximum Gasteiger partial charge on any atom is 0.137 e. The lowest BCUT2D eigenvalue weighted by molar-refractivity contribution is 0.110. The molecule has 0 amide bonds. The van der Waals surface area contributed by atoms with E-state index in [2.05, 4.69) is 40.6 Å². The second-order valence-electron chi connectivity index (χ2n) is 6.81. The lowest BCUT2D eigenvalue weighted by Crippen LogP contribution is -2.46. The van der Waals surface area contributed by atoms with Crippen molar-refractivity contribution in [1.82, 2.24) is 10.3 Å². The highest BCUT2D eigenvalue weighted by Crippen LogP contribution is 2.47. The summed E-state index contributed by atoms with van der Waals surface area (Å²) in [5.74, 6) is 2.06. The van der Waals surface area contributed by atoms with Crippen molar-refractivity contribution in [1.29, 1.82) is 0 Å². The van der Waals surface area contributed by atoms with Crippen molar-refractivity contribution in [2.45, 2.75) is 31.4 Å². The van der Waals surface area contributed by atoms with Crippen molar-refractivity contribution in [3.05, 3.63) is 59.9 Å². The smallest absolute Gasteiger partial charge is 0.137 e. The Morgan fingerprint density at radius 1 is 1.12 bits per heavy atom. The lowest BCUT2D eigenvalue weighted by atomic mass is 10.1. The van der Waals surface area contributed by atoms with Crippen LogP contribution in [0.15, 0.2) is 48.8 Å². The highest BCUT2D eigenvalue weighted by molar-refractivity contribution is 5.30. The number of hydrogen-bond acceptors (Lipinski definition) is 4. The second-order valence-corrected chi connectivity index (χ2v) is 6.81. The van der Waals surface area contributed by atoms with Crippen molar-refractivity contribution in [3.63, 3.8) is 0 Å². The first-order chi connectivity index (χ1) is 11.9. The summed E-state index contributed by atoms with van der Waals surface area (Å²) in [4.78, 5) is 4.34. The van der Waals surface area contributed by atoms with Crippen molar-refractivity contribution in [3.8, 4) is 5.75 Å². The van der Waals surface area contributed by atoms with Crippen LogP contribution in [0.5, 0.6) is 5.75 Å². The molecule has 2 aromatic rings. The van der Waals surface area contributed by atoms with Gasteiger partial charge in [-0.2, -0.15) is 0 Å². The van der Waals surface area contributed by atoms with E-state index < -0.39 is 0 Å².